The van der Waals surface area contributed by atoms with Gasteiger partial charge in [0, 0.05) is 10.6 Å². The van der Waals surface area contributed by atoms with E-state index in [1.165, 1.54) is 12.1 Å². The number of fused-ring (bicyclic) bond motifs is 1. The summed E-state index contributed by atoms with van der Waals surface area (Å²) in [5, 5.41) is 3.15. The second kappa shape index (κ2) is 7.87. The van der Waals surface area contributed by atoms with Crippen molar-refractivity contribution < 1.29 is 13.6 Å². The molecule has 0 aliphatic carbocycles. The van der Waals surface area contributed by atoms with Gasteiger partial charge in [-0.3, -0.25) is 4.79 Å². The van der Waals surface area contributed by atoms with Crippen molar-refractivity contribution in [1.29, 1.82) is 0 Å². The number of hydrogen-bond acceptors (Lipinski definition) is 3. The summed E-state index contributed by atoms with van der Waals surface area (Å²) in [7, 11) is 0. The van der Waals surface area contributed by atoms with Crippen LogP contribution in [0.2, 0.25) is 5.02 Å². The van der Waals surface area contributed by atoms with E-state index < -0.39 is 5.82 Å². The van der Waals surface area contributed by atoms with Gasteiger partial charge in [-0.2, -0.15) is 0 Å². The Hall–Kier alpha value is -2.40. The summed E-state index contributed by atoms with van der Waals surface area (Å²) in [4.78, 5) is 17.0. The van der Waals surface area contributed by atoms with E-state index in [2.05, 4.69) is 24.1 Å². The molecule has 6 heteroatoms. The molecule has 0 aliphatic rings. The van der Waals surface area contributed by atoms with Gasteiger partial charge in [0.1, 0.15) is 17.4 Å². The van der Waals surface area contributed by atoms with Crippen molar-refractivity contribution in [3.63, 3.8) is 0 Å². The largest absolute Gasteiger partial charge is 0.438 e. The van der Waals surface area contributed by atoms with Crippen LogP contribution in [0.3, 0.4) is 0 Å². The lowest BCUT2D eigenvalue weighted by Gasteiger charge is -2.18. The highest BCUT2D eigenvalue weighted by molar-refractivity contribution is 6.31. The maximum absolute atomic E-state index is 13.9. The number of carbonyl (C=O) groups is 1. The van der Waals surface area contributed by atoms with Crippen LogP contribution in [0.5, 0.6) is 0 Å². The molecule has 4 nitrogen and oxygen atoms in total. The molecule has 1 N–H and O–H groups in total. The Bertz CT molecular complexity index is 870. The molecular weight excluding hydrogens is 355 g/mol. The number of para-hydroxylation sites is 2. The number of oxazole rings is 1. The van der Waals surface area contributed by atoms with Gasteiger partial charge in [0.25, 0.3) is 0 Å². The lowest BCUT2D eigenvalue weighted by atomic mass is 10.0. The second-order valence-electron chi connectivity index (χ2n) is 6.65. The molecule has 0 bridgehead atoms. The van der Waals surface area contributed by atoms with E-state index in [-0.39, 0.29) is 29.0 Å². The quantitative estimate of drug-likeness (QED) is 0.655. The summed E-state index contributed by atoms with van der Waals surface area (Å²) in [5.41, 5.74) is 1.60. The van der Waals surface area contributed by atoms with E-state index in [0.717, 1.165) is 5.52 Å². The van der Waals surface area contributed by atoms with Crippen LogP contribution in [-0.4, -0.2) is 10.9 Å². The van der Waals surface area contributed by atoms with E-state index >= 15 is 0 Å². The fraction of sp³-hybridized carbons (Fsp3) is 0.300. The Morgan fingerprint density at radius 2 is 2.00 bits per heavy atom. The van der Waals surface area contributed by atoms with E-state index in [0.29, 0.717) is 23.8 Å². The van der Waals surface area contributed by atoms with Gasteiger partial charge in [-0.1, -0.05) is 43.6 Å². The van der Waals surface area contributed by atoms with Crippen molar-refractivity contribution in [3.05, 3.63) is 64.8 Å². The molecule has 0 radical (unpaired) electrons. The normalized spacial score (nSPS) is 12.5. The minimum absolute atomic E-state index is 0.139. The summed E-state index contributed by atoms with van der Waals surface area (Å²) in [6.45, 7) is 4.10. The average Bonchev–Trinajstić information content (AvgIpc) is 3.01. The Kier molecular flexibility index (Phi) is 5.57. The van der Waals surface area contributed by atoms with E-state index in [1.54, 1.807) is 6.07 Å². The number of nitrogens with zero attached hydrogens (tertiary/aromatic N) is 1. The third-order valence-corrected chi connectivity index (χ3v) is 4.40. The summed E-state index contributed by atoms with van der Waals surface area (Å²) in [6.07, 6.45) is 0.518. The molecule has 1 amide bonds. The molecule has 0 aliphatic heterocycles. The molecule has 1 aromatic heterocycles. The van der Waals surface area contributed by atoms with Crippen LogP contribution < -0.4 is 5.32 Å². The maximum atomic E-state index is 13.9. The number of amides is 1. The molecule has 0 unspecified atom stereocenters. The zero-order valence-electron chi connectivity index (χ0n) is 14.6. The van der Waals surface area contributed by atoms with Gasteiger partial charge in [-0.05, 0) is 36.6 Å². The van der Waals surface area contributed by atoms with E-state index in [4.69, 9.17) is 16.0 Å². The number of rotatable bonds is 6. The van der Waals surface area contributed by atoms with Gasteiger partial charge in [-0.15, -0.1) is 0 Å². The molecule has 1 heterocycles. The zero-order valence-corrected chi connectivity index (χ0v) is 15.4. The average molecular weight is 375 g/mol. The van der Waals surface area contributed by atoms with Gasteiger partial charge in [0.05, 0.1) is 6.42 Å². The summed E-state index contributed by atoms with van der Waals surface area (Å²) < 4.78 is 19.7. The topological polar surface area (TPSA) is 55.1 Å². The summed E-state index contributed by atoms with van der Waals surface area (Å²) in [6, 6.07) is 11.4. The molecule has 0 spiro atoms. The third-order valence-electron chi connectivity index (χ3n) is 4.05. The Labute approximate surface area is 156 Å². The predicted molar refractivity (Wildman–Crippen MR) is 99.5 cm³/mol. The van der Waals surface area contributed by atoms with Crippen LogP contribution in [-0.2, 0) is 11.2 Å². The minimum atomic E-state index is -0.491. The molecular formula is C20H20ClFN2O2. The van der Waals surface area contributed by atoms with E-state index in [9.17, 15) is 9.18 Å². The number of nitrogens with one attached hydrogen (secondary N) is 1. The smallest absolute Gasteiger partial charge is 0.225 e. The van der Waals surface area contributed by atoms with Gasteiger partial charge >= 0.3 is 0 Å². The fourth-order valence-corrected chi connectivity index (χ4v) is 3.07. The molecule has 26 heavy (non-hydrogen) atoms. The fourth-order valence-electron chi connectivity index (χ4n) is 2.84. The number of aromatic nitrogens is 1. The second-order valence-corrected chi connectivity index (χ2v) is 7.05. The Morgan fingerprint density at radius 3 is 2.69 bits per heavy atom. The standard InChI is InChI=1S/C20H20ClFN2O2/c1-12(2)10-17(20-24-16-8-3-4-9-18(16)26-20)23-19(25)11-13-14(21)6-5-7-15(13)22/h3-9,12,17H,10-11H2,1-2H3,(H,23,25)/t17-/m1/s1. The van der Waals surface area contributed by atoms with Crippen molar-refractivity contribution in [3.8, 4) is 0 Å². The molecule has 3 rings (SSSR count). The highest BCUT2D eigenvalue weighted by Gasteiger charge is 2.23. The van der Waals surface area contributed by atoms with Crippen molar-refractivity contribution in [1.82, 2.24) is 10.3 Å². The number of hydrogen-bond donors (Lipinski definition) is 1. The predicted octanol–water partition coefficient (Wildman–Crippen LogP) is 5.07. The third kappa shape index (κ3) is 4.22. The van der Waals surface area contributed by atoms with Crippen LogP contribution in [0.25, 0.3) is 11.1 Å². The van der Waals surface area contributed by atoms with Crippen molar-refractivity contribution in [2.75, 3.05) is 0 Å². The number of carbonyl (C=O) groups excluding carboxylic acids is 1. The van der Waals surface area contributed by atoms with Crippen molar-refractivity contribution >= 4 is 28.6 Å². The first-order valence-corrected chi connectivity index (χ1v) is 8.89. The van der Waals surface area contributed by atoms with Gasteiger partial charge < -0.3 is 9.73 Å². The first kappa shape index (κ1) is 18.4. The van der Waals surface area contributed by atoms with Crippen LogP contribution in [0.4, 0.5) is 4.39 Å². The first-order valence-electron chi connectivity index (χ1n) is 8.51. The number of benzene rings is 2. The van der Waals surface area contributed by atoms with Crippen LogP contribution in [0.1, 0.15) is 37.8 Å². The van der Waals surface area contributed by atoms with Gasteiger partial charge in [0.2, 0.25) is 11.8 Å². The zero-order chi connectivity index (χ0) is 18.7. The van der Waals surface area contributed by atoms with E-state index in [1.807, 2.05) is 24.3 Å². The lowest BCUT2D eigenvalue weighted by molar-refractivity contribution is -0.121. The molecule has 0 saturated carbocycles. The Morgan fingerprint density at radius 1 is 1.23 bits per heavy atom. The molecule has 2 aromatic carbocycles. The van der Waals surface area contributed by atoms with Crippen LogP contribution in [0.15, 0.2) is 46.9 Å². The number of halogens is 2. The first-order chi connectivity index (χ1) is 12.4. The molecule has 3 aromatic rings. The molecule has 136 valence electrons. The summed E-state index contributed by atoms with van der Waals surface area (Å²) in [5.74, 6) is -0.0555. The molecule has 1 atom stereocenters. The van der Waals surface area contributed by atoms with Gasteiger partial charge in [0.15, 0.2) is 5.58 Å². The highest BCUT2D eigenvalue weighted by Crippen LogP contribution is 2.25. The lowest BCUT2D eigenvalue weighted by Crippen LogP contribution is -2.31. The van der Waals surface area contributed by atoms with Crippen LogP contribution >= 0.6 is 11.6 Å². The molecule has 0 fully saturated rings. The molecule has 0 saturated heterocycles. The van der Waals surface area contributed by atoms with Gasteiger partial charge in [-0.25, -0.2) is 9.37 Å². The van der Waals surface area contributed by atoms with Crippen molar-refractivity contribution in [2.24, 2.45) is 5.92 Å². The van der Waals surface area contributed by atoms with Crippen molar-refractivity contribution in [2.45, 2.75) is 32.7 Å². The van der Waals surface area contributed by atoms with Crippen LogP contribution in [0, 0.1) is 11.7 Å². The highest BCUT2D eigenvalue weighted by atomic mass is 35.5. The Balaban J connectivity index is 1.81. The monoisotopic (exact) mass is 374 g/mol. The SMILES string of the molecule is CC(C)C[C@@H](NC(=O)Cc1c(F)cccc1Cl)c1nc2ccccc2o1. The summed E-state index contributed by atoms with van der Waals surface area (Å²) >= 11 is 6.01. The minimum Gasteiger partial charge on any atom is -0.438 e. The maximum Gasteiger partial charge on any atom is 0.225 e.